The molecule has 5 nitrogen and oxygen atoms in total. The fourth-order valence-corrected chi connectivity index (χ4v) is 4.62. The van der Waals surface area contributed by atoms with Gasteiger partial charge in [0.2, 0.25) is 0 Å². The Balaban J connectivity index is 2.02. The van der Waals surface area contributed by atoms with Crippen molar-refractivity contribution in [3.63, 3.8) is 0 Å². The van der Waals surface area contributed by atoms with Crippen molar-refractivity contribution >= 4 is 20.6 Å². The van der Waals surface area contributed by atoms with Crippen LogP contribution in [0.25, 0.3) is 21.9 Å². The third-order valence-corrected chi connectivity index (χ3v) is 6.41. The molecule has 0 amide bonds. The van der Waals surface area contributed by atoms with E-state index in [4.69, 9.17) is 0 Å². The highest BCUT2D eigenvalue weighted by Crippen LogP contribution is 2.45. The molecule has 154 valence electrons. The summed E-state index contributed by atoms with van der Waals surface area (Å²) in [5.41, 5.74) is 1.07. The summed E-state index contributed by atoms with van der Waals surface area (Å²) >= 11 is 0. The molecule has 29 heavy (non-hydrogen) atoms. The topological polar surface area (TPSA) is 71.3 Å². The number of nitrogens with zero attached hydrogens (tertiary/aromatic N) is 1. The Morgan fingerprint density at radius 2 is 1.90 bits per heavy atom. The monoisotopic (exact) mass is 424 g/mol. The van der Waals surface area contributed by atoms with Crippen molar-refractivity contribution in [2.75, 3.05) is 12.8 Å². The van der Waals surface area contributed by atoms with E-state index in [-0.39, 0.29) is 16.2 Å². The molecule has 0 bridgehead atoms. The van der Waals surface area contributed by atoms with Crippen molar-refractivity contribution in [3.8, 4) is 17.0 Å². The minimum atomic E-state index is -4.66. The van der Waals surface area contributed by atoms with Gasteiger partial charge >= 0.3 is 6.18 Å². The Kier molecular flexibility index (Phi) is 4.43. The zero-order valence-electron chi connectivity index (χ0n) is 15.8. The molecule has 0 aliphatic carbocycles. The van der Waals surface area contributed by atoms with Gasteiger partial charge in [-0.2, -0.15) is 13.2 Å². The number of nitrogens with one attached hydrogen (secondary N) is 1. The van der Waals surface area contributed by atoms with Crippen LogP contribution in [0.5, 0.6) is 5.88 Å². The highest BCUT2D eigenvalue weighted by molar-refractivity contribution is 7.90. The third kappa shape index (κ3) is 3.28. The Morgan fingerprint density at radius 1 is 1.17 bits per heavy atom. The van der Waals surface area contributed by atoms with Crippen LogP contribution in [0.1, 0.15) is 16.8 Å². The van der Waals surface area contributed by atoms with Gasteiger partial charge in [0, 0.05) is 37.0 Å². The van der Waals surface area contributed by atoms with Gasteiger partial charge in [-0.25, -0.2) is 8.42 Å². The van der Waals surface area contributed by atoms with Crippen LogP contribution < -0.4 is 5.32 Å². The molecule has 4 rings (SSSR count). The highest BCUT2D eigenvalue weighted by Gasteiger charge is 2.36. The van der Waals surface area contributed by atoms with Crippen LogP contribution >= 0.6 is 0 Å². The Bertz CT molecular complexity index is 1240. The molecule has 0 spiro atoms. The van der Waals surface area contributed by atoms with Gasteiger partial charge in [-0.3, -0.25) is 0 Å². The van der Waals surface area contributed by atoms with Gasteiger partial charge in [-0.05, 0) is 47.9 Å². The summed E-state index contributed by atoms with van der Waals surface area (Å²) in [5.74, 6) is -0.375. The van der Waals surface area contributed by atoms with Crippen LogP contribution in [0.2, 0.25) is 0 Å². The van der Waals surface area contributed by atoms with Crippen LogP contribution in [0.4, 0.5) is 13.2 Å². The molecule has 0 unspecified atom stereocenters. The molecule has 0 saturated heterocycles. The molecule has 2 N–H and O–H groups in total. The number of alkyl halides is 3. The molecule has 1 aliphatic rings. The Hall–Kier alpha value is -2.52. The molecular weight excluding hydrogens is 405 g/mol. The fraction of sp³-hybridized carbons (Fsp3) is 0.300. The number of halogens is 3. The van der Waals surface area contributed by atoms with Gasteiger partial charge in [-0.15, -0.1) is 0 Å². The van der Waals surface area contributed by atoms with Crippen LogP contribution in [0.15, 0.2) is 35.2 Å². The predicted octanol–water partition coefficient (Wildman–Crippen LogP) is 3.85. The van der Waals surface area contributed by atoms with E-state index in [1.54, 1.807) is 13.0 Å². The van der Waals surface area contributed by atoms with E-state index in [1.165, 1.54) is 22.8 Å². The lowest BCUT2D eigenvalue weighted by Gasteiger charge is -2.17. The van der Waals surface area contributed by atoms with Gasteiger partial charge in [0.1, 0.15) is 0 Å². The maximum absolute atomic E-state index is 13.9. The van der Waals surface area contributed by atoms with Crippen molar-refractivity contribution < 1.29 is 26.7 Å². The fourth-order valence-electron chi connectivity index (χ4n) is 3.92. The number of aromatic nitrogens is 1. The second kappa shape index (κ2) is 6.50. The van der Waals surface area contributed by atoms with Gasteiger partial charge in [-0.1, -0.05) is 6.07 Å². The maximum Gasteiger partial charge on any atom is 0.417 e. The van der Waals surface area contributed by atoms with E-state index in [9.17, 15) is 26.7 Å². The molecule has 1 aromatic heterocycles. The lowest BCUT2D eigenvalue weighted by molar-refractivity contribution is -0.136. The average Bonchev–Trinajstić information content (AvgIpc) is 2.92. The van der Waals surface area contributed by atoms with Crippen molar-refractivity contribution in [2.24, 2.45) is 0 Å². The number of fused-ring (bicyclic) bond motifs is 3. The maximum atomic E-state index is 13.9. The zero-order chi connectivity index (χ0) is 21.1. The Labute approximate surface area is 165 Å². The quantitative estimate of drug-likeness (QED) is 0.656. The van der Waals surface area contributed by atoms with Crippen LogP contribution in [-0.4, -0.2) is 30.9 Å². The van der Waals surface area contributed by atoms with E-state index < -0.39 is 21.6 Å². The van der Waals surface area contributed by atoms with E-state index in [1.807, 2.05) is 0 Å². The second-order valence-electron chi connectivity index (χ2n) is 7.29. The summed E-state index contributed by atoms with van der Waals surface area (Å²) in [6, 6.07) is 7.02. The molecule has 1 aliphatic heterocycles. The lowest BCUT2D eigenvalue weighted by atomic mass is 9.95. The molecule has 2 aromatic carbocycles. The smallest absolute Gasteiger partial charge is 0.417 e. The molecular formula is C20H19F3N2O3S. The summed E-state index contributed by atoms with van der Waals surface area (Å²) in [5, 5.41) is 13.7. The molecule has 0 fully saturated rings. The summed E-state index contributed by atoms with van der Waals surface area (Å²) in [6.07, 6.45) is -3.57. The second-order valence-corrected chi connectivity index (χ2v) is 9.31. The van der Waals surface area contributed by atoms with E-state index in [0.29, 0.717) is 47.4 Å². The van der Waals surface area contributed by atoms with E-state index in [0.717, 1.165) is 12.3 Å². The summed E-state index contributed by atoms with van der Waals surface area (Å²) < 4.78 is 66.6. The molecule has 0 atom stereocenters. The standard InChI is InChI=1S/C20H19F3N2O3S/c1-11-7-13(29(2,27)28)3-4-14(11)12-8-15-17-10-24-5-6-25(17)19(26)18(15)16(9-12)20(21,22)23/h3-4,7-9,24,26H,5-6,10H2,1-2H3. The lowest BCUT2D eigenvalue weighted by Crippen LogP contribution is -2.27. The number of hydrogen-bond donors (Lipinski definition) is 2. The van der Waals surface area contributed by atoms with Crippen LogP contribution in [-0.2, 0) is 29.1 Å². The first-order valence-electron chi connectivity index (χ1n) is 8.95. The van der Waals surface area contributed by atoms with Gasteiger partial charge < -0.3 is 15.0 Å². The number of aromatic hydroxyl groups is 1. The first-order valence-corrected chi connectivity index (χ1v) is 10.8. The molecule has 2 heterocycles. The van der Waals surface area contributed by atoms with Gasteiger partial charge in [0.15, 0.2) is 15.7 Å². The number of hydrogen-bond acceptors (Lipinski definition) is 4. The molecule has 3 aromatic rings. The van der Waals surface area contributed by atoms with Crippen molar-refractivity contribution in [2.45, 2.75) is 31.1 Å². The average molecular weight is 424 g/mol. The normalized spacial score (nSPS) is 14.9. The van der Waals surface area contributed by atoms with Gasteiger partial charge in [0.25, 0.3) is 0 Å². The largest absolute Gasteiger partial charge is 0.494 e. The predicted molar refractivity (Wildman–Crippen MR) is 104 cm³/mol. The summed E-state index contributed by atoms with van der Waals surface area (Å²) in [7, 11) is -3.42. The molecule has 0 radical (unpaired) electrons. The Morgan fingerprint density at radius 3 is 2.52 bits per heavy atom. The SMILES string of the molecule is Cc1cc(S(C)(=O)=O)ccc1-c1cc(C(F)(F)F)c2c(O)n3c(c2c1)CNCC3. The van der Waals surface area contributed by atoms with E-state index in [2.05, 4.69) is 5.32 Å². The van der Waals surface area contributed by atoms with E-state index >= 15 is 0 Å². The first-order chi connectivity index (χ1) is 13.5. The number of rotatable bonds is 2. The summed E-state index contributed by atoms with van der Waals surface area (Å²) in [6.45, 7) is 2.95. The van der Waals surface area contributed by atoms with Crippen LogP contribution in [0.3, 0.4) is 0 Å². The van der Waals surface area contributed by atoms with Crippen molar-refractivity contribution in [1.82, 2.24) is 9.88 Å². The molecule has 9 heteroatoms. The van der Waals surface area contributed by atoms with Gasteiger partial charge in [0.05, 0.1) is 15.8 Å². The molecule has 0 saturated carbocycles. The third-order valence-electron chi connectivity index (χ3n) is 5.30. The van der Waals surface area contributed by atoms with Crippen molar-refractivity contribution in [3.05, 3.63) is 47.2 Å². The number of benzene rings is 2. The first kappa shape index (κ1) is 19.8. The minimum Gasteiger partial charge on any atom is -0.494 e. The summed E-state index contributed by atoms with van der Waals surface area (Å²) in [4.78, 5) is 0.110. The minimum absolute atomic E-state index is 0.110. The van der Waals surface area contributed by atoms with Crippen LogP contribution in [0, 0.1) is 6.92 Å². The number of aryl methyl sites for hydroxylation is 1. The highest BCUT2D eigenvalue weighted by atomic mass is 32.2. The van der Waals surface area contributed by atoms with Crippen molar-refractivity contribution in [1.29, 1.82) is 0 Å². The number of sulfone groups is 1. The zero-order valence-corrected chi connectivity index (χ0v) is 16.6.